The Bertz CT molecular complexity index is 360. The van der Waals surface area contributed by atoms with Crippen LogP contribution in [-0.2, 0) is 0 Å². The molecule has 1 rings (SSSR count). The standard InChI is InChI=1S/C14H23N3O/c1-3-4-9-16-14(15)17-10-11-18-13-7-5-12(2)6-8-13/h5-8H,3-4,9-11H2,1-2H3,(H3,15,16,17). The minimum atomic E-state index is 0.496. The Morgan fingerprint density at radius 3 is 2.72 bits per heavy atom. The zero-order chi connectivity index (χ0) is 13.2. The Morgan fingerprint density at radius 1 is 1.33 bits per heavy atom. The van der Waals surface area contributed by atoms with Gasteiger partial charge in [0.15, 0.2) is 5.96 Å². The van der Waals surface area contributed by atoms with Gasteiger partial charge in [-0.15, -0.1) is 0 Å². The lowest BCUT2D eigenvalue weighted by Crippen LogP contribution is -2.34. The van der Waals surface area contributed by atoms with Crippen molar-refractivity contribution in [1.82, 2.24) is 5.32 Å². The van der Waals surface area contributed by atoms with Crippen LogP contribution in [0, 0.1) is 6.92 Å². The van der Waals surface area contributed by atoms with Crippen LogP contribution in [0.4, 0.5) is 0 Å². The summed E-state index contributed by atoms with van der Waals surface area (Å²) in [5.74, 6) is 1.37. The number of guanidine groups is 1. The number of rotatable bonds is 7. The van der Waals surface area contributed by atoms with Crippen molar-refractivity contribution in [2.24, 2.45) is 10.7 Å². The molecule has 0 fully saturated rings. The van der Waals surface area contributed by atoms with E-state index in [1.54, 1.807) is 0 Å². The Morgan fingerprint density at radius 2 is 2.06 bits per heavy atom. The van der Waals surface area contributed by atoms with Gasteiger partial charge in [0.2, 0.25) is 0 Å². The van der Waals surface area contributed by atoms with E-state index >= 15 is 0 Å². The predicted molar refractivity (Wildman–Crippen MR) is 76.1 cm³/mol. The minimum absolute atomic E-state index is 0.496. The summed E-state index contributed by atoms with van der Waals surface area (Å²) in [6.07, 6.45) is 2.20. The van der Waals surface area contributed by atoms with Gasteiger partial charge in [-0.2, -0.15) is 0 Å². The number of nitrogens with one attached hydrogen (secondary N) is 1. The number of aryl methyl sites for hydroxylation is 1. The second-order valence-corrected chi connectivity index (χ2v) is 4.21. The second kappa shape index (κ2) is 8.39. The fourth-order valence-electron chi connectivity index (χ4n) is 1.40. The first-order chi connectivity index (χ1) is 8.72. The highest BCUT2D eigenvalue weighted by Gasteiger charge is 1.94. The van der Waals surface area contributed by atoms with Gasteiger partial charge in [-0.1, -0.05) is 31.0 Å². The van der Waals surface area contributed by atoms with Crippen LogP contribution in [0.5, 0.6) is 5.75 Å². The van der Waals surface area contributed by atoms with Crippen LogP contribution < -0.4 is 15.8 Å². The first kappa shape index (κ1) is 14.4. The number of ether oxygens (including phenoxy) is 1. The molecule has 0 saturated heterocycles. The molecular formula is C14H23N3O. The number of hydrogen-bond acceptors (Lipinski definition) is 2. The topological polar surface area (TPSA) is 59.6 Å². The Hall–Kier alpha value is -1.71. The summed E-state index contributed by atoms with van der Waals surface area (Å²) < 4.78 is 5.56. The summed E-state index contributed by atoms with van der Waals surface area (Å²) in [4.78, 5) is 4.20. The van der Waals surface area contributed by atoms with E-state index in [9.17, 15) is 0 Å². The fraction of sp³-hybridized carbons (Fsp3) is 0.500. The third-order valence-corrected chi connectivity index (χ3v) is 2.49. The van der Waals surface area contributed by atoms with Crippen LogP contribution in [0.25, 0.3) is 0 Å². The number of unbranched alkanes of at least 4 members (excludes halogenated alkanes) is 1. The van der Waals surface area contributed by atoms with Crippen molar-refractivity contribution in [1.29, 1.82) is 0 Å². The number of aliphatic imine (C=N–C) groups is 1. The summed E-state index contributed by atoms with van der Waals surface area (Å²) >= 11 is 0. The third kappa shape index (κ3) is 6.13. The maximum atomic E-state index is 5.70. The second-order valence-electron chi connectivity index (χ2n) is 4.21. The monoisotopic (exact) mass is 249 g/mol. The van der Waals surface area contributed by atoms with Gasteiger partial charge in [0.25, 0.3) is 0 Å². The van der Waals surface area contributed by atoms with Gasteiger partial charge in [0.1, 0.15) is 12.4 Å². The summed E-state index contributed by atoms with van der Waals surface area (Å²) in [6.45, 7) is 6.21. The number of nitrogens with two attached hydrogens (primary N) is 1. The Balaban J connectivity index is 2.14. The van der Waals surface area contributed by atoms with Crippen molar-refractivity contribution in [3.8, 4) is 5.75 Å². The minimum Gasteiger partial charge on any atom is -0.492 e. The fourth-order valence-corrected chi connectivity index (χ4v) is 1.40. The predicted octanol–water partition coefficient (Wildman–Crippen LogP) is 2.08. The molecule has 0 unspecified atom stereocenters. The largest absolute Gasteiger partial charge is 0.492 e. The maximum absolute atomic E-state index is 5.70. The Labute approximate surface area is 109 Å². The molecule has 0 heterocycles. The van der Waals surface area contributed by atoms with Crippen LogP contribution in [0.3, 0.4) is 0 Å². The van der Waals surface area contributed by atoms with E-state index in [2.05, 4.69) is 24.2 Å². The normalized spacial score (nSPS) is 11.3. The highest BCUT2D eigenvalue weighted by molar-refractivity contribution is 5.77. The van der Waals surface area contributed by atoms with Crippen molar-refractivity contribution in [2.45, 2.75) is 26.7 Å². The molecule has 0 radical (unpaired) electrons. The van der Waals surface area contributed by atoms with Gasteiger partial charge < -0.3 is 15.8 Å². The van der Waals surface area contributed by atoms with Gasteiger partial charge >= 0.3 is 0 Å². The van der Waals surface area contributed by atoms with Gasteiger partial charge in [0.05, 0.1) is 6.54 Å². The molecule has 0 aromatic heterocycles. The summed E-state index contributed by atoms with van der Waals surface area (Å²) in [5.41, 5.74) is 6.93. The smallest absolute Gasteiger partial charge is 0.188 e. The molecule has 0 bridgehead atoms. The Kier molecular flexibility index (Phi) is 6.69. The molecule has 0 aliphatic heterocycles. The first-order valence-corrected chi connectivity index (χ1v) is 6.45. The van der Waals surface area contributed by atoms with Gasteiger partial charge in [-0.05, 0) is 25.5 Å². The van der Waals surface area contributed by atoms with E-state index in [4.69, 9.17) is 10.5 Å². The molecule has 0 amide bonds. The molecule has 4 heteroatoms. The molecule has 18 heavy (non-hydrogen) atoms. The average molecular weight is 249 g/mol. The average Bonchev–Trinajstić information content (AvgIpc) is 2.37. The van der Waals surface area contributed by atoms with E-state index in [1.165, 1.54) is 5.56 Å². The first-order valence-electron chi connectivity index (χ1n) is 6.45. The lowest BCUT2D eigenvalue weighted by molar-refractivity contribution is 0.322. The molecule has 0 atom stereocenters. The molecule has 4 nitrogen and oxygen atoms in total. The van der Waals surface area contributed by atoms with E-state index < -0.39 is 0 Å². The van der Waals surface area contributed by atoms with Crippen molar-refractivity contribution in [2.75, 3.05) is 19.7 Å². The van der Waals surface area contributed by atoms with Crippen molar-refractivity contribution in [3.05, 3.63) is 29.8 Å². The van der Waals surface area contributed by atoms with Crippen LogP contribution >= 0.6 is 0 Å². The molecule has 3 N–H and O–H groups in total. The highest BCUT2D eigenvalue weighted by Crippen LogP contribution is 2.10. The van der Waals surface area contributed by atoms with Crippen LogP contribution in [0.1, 0.15) is 25.3 Å². The molecule has 0 aliphatic carbocycles. The van der Waals surface area contributed by atoms with Crippen LogP contribution in [0.15, 0.2) is 29.3 Å². The van der Waals surface area contributed by atoms with E-state index in [0.29, 0.717) is 19.1 Å². The molecule has 0 saturated carbocycles. The van der Waals surface area contributed by atoms with E-state index in [-0.39, 0.29) is 0 Å². The summed E-state index contributed by atoms with van der Waals surface area (Å²) in [7, 11) is 0. The molecule has 100 valence electrons. The number of nitrogens with zero attached hydrogens (tertiary/aromatic N) is 1. The molecule has 1 aromatic carbocycles. The maximum Gasteiger partial charge on any atom is 0.188 e. The molecule has 1 aromatic rings. The van der Waals surface area contributed by atoms with Gasteiger partial charge in [-0.3, -0.25) is 4.99 Å². The molecule has 0 spiro atoms. The number of benzene rings is 1. The summed E-state index contributed by atoms with van der Waals surface area (Å²) in [6, 6.07) is 7.99. The van der Waals surface area contributed by atoms with Crippen molar-refractivity contribution >= 4 is 5.96 Å². The van der Waals surface area contributed by atoms with Crippen molar-refractivity contribution < 1.29 is 4.74 Å². The third-order valence-electron chi connectivity index (χ3n) is 2.49. The zero-order valence-electron chi connectivity index (χ0n) is 11.3. The summed E-state index contributed by atoms with van der Waals surface area (Å²) in [5, 5.41) is 3.03. The van der Waals surface area contributed by atoms with Gasteiger partial charge in [0, 0.05) is 6.54 Å². The lowest BCUT2D eigenvalue weighted by Gasteiger charge is -2.08. The van der Waals surface area contributed by atoms with E-state index in [1.807, 2.05) is 24.3 Å². The van der Waals surface area contributed by atoms with Gasteiger partial charge in [-0.25, -0.2) is 0 Å². The molecular weight excluding hydrogens is 226 g/mol. The van der Waals surface area contributed by atoms with Crippen LogP contribution in [-0.4, -0.2) is 25.7 Å². The highest BCUT2D eigenvalue weighted by atomic mass is 16.5. The zero-order valence-corrected chi connectivity index (χ0v) is 11.3. The van der Waals surface area contributed by atoms with Crippen molar-refractivity contribution in [3.63, 3.8) is 0 Å². The quantitative estimate of drug-likeness (QED) is 0.442. The van der Waals surface area contributed by atoms with E-state index in [0.717, 1.165) is 25.1 Å². The molecule has 0 aliphatic rings. The van der Waals surface area contributed by atoms with Crippen LogP contribution in [0.2, 0.25) is 0 Å². The SMILES string of the molecule is CCCCN=C(N)NCCOc1ccc(C)cc1. The lowest BCUT2D eigenvalue weighted by atomic mass is 10.2. The number of hydrogen-bond donors (Lipinski definition) is 2.